The molecule has 27 heavy (non-hydrogen) atoms. The Kier molecular flexibility index (Phi) is 3.54. The highest BCUT2D eigenvalue weighted by molar-refractivity contribution is 5.83. The highest BCUT2D eigenvalue weighted by Crippen LogP contribution is 2.39. The first kappa shape index (κ1) is 15.5. The van der Waals surface area contributed by atoms with E-state index in [0.29, 0.717) is 29.1 Å². The third kappa shape index (κ3) is 3.09. The van der Waals surface area contributed by atoms with Crippen molar-refractivity contribution in [3.8, 4) is 12.3 Å². The number of hydrogen-bond acceptors (Lipinski definition) is 5. The van der Waals surface area contributed by atoms with E-state index in [1.165, 1.54) is 12.8 Å². The molecule has 4 aromatic rings. The van der Waals surface area contributed by atoms with E-state index in [-0.39, 0.29) is 0 Å². The standard InChI is InChI=1S/C20H17N7/c1-2-12-11-22-20(23-15-5-6-16-14(9-15)7-8-21-16)25-19(12)24-18-10-17(26-27-18)13-3-4-13/h1,5-11,13,21H,3-4H2,(H3,22,23,24,25,26,27). The second-order valence-corrected chi connectivity index (χ2v) is 6.61. The van der Waals surface area contributed by atoms with E-state index < -0.39 is 0 Å². The molecule has 3 heterocycles. The van der Waals surface area contributed by atoms with Crippen LogP contribution in [0.2, 0.25) is 0 Å². The zero-order chi connectivity index (χ0) is 18.2. The minimum absolute atomic E-state index is 0.462. The van der Waals surface area contributed by atoms with Gasteiger partial charge in [-0.3, -0.25) is 5.10 Å². The lowest BCUT2D eigenvalue weighted by atomic mass is 10.2. The fourth-order valence-electron chi connectivity index (χ4n) is 3.03. The number of aromatic nitrogens is 5. The monoisotopic (exact) mass is 355 g/mol. The summed E-state index contributed by atoms with van der Waals surface area (Å²) in [6, 6.07) is 10.0. The lowest BCUT2D eigenvalue weighted by molar-refractivity contribution is 0.966. The van der Waals surface area contributed by atoms with Gasteiger partial charge in [0.25, 0.3) is 0 Å². The summed E-state index contributed by atoms with van der Waals surface area (Å²) in [5.74, 6) is 4.93. The Morgan fingerprint density at radius 1 is 1.15 bits per heavy atom. The lowest BCUT2D eigenvalue weighted by Crippen LogP contribution is -2.03. The average Bonchev–Trinajstić information content (AvgIpc) is 3.24. The van der Waals surface area contributed by atoms with Crippen molar-refractivity contribution in [2.75, 3.05) is 10.6 Å². The summed E-state index contributed by atoms with van der Waals surface area (Å²) in [6.45, 7) is 0. The van der Waals surface area contributed by atoms with E-state index in [0.717, 1.165) is 22.3 Å². The van der Waals surface area contributed by atoms with Crippen LogP contribution >= 0.6 is 0 Å². The maximum Gasteiger partial charge on any atom is 0.229 e. The van der Waals surface area contributed by atoms with Crippen LogP contribution in [-0.4, -0.2) is 25.1 Å². The maximum absolute atomic E-state index is 5.60. The molecule has 1 aromatic carbocycles. The molecular weight excluding hydrogens is 338 g/mol. The molecule has 1 aliphatic carbocycles. The predicted molar refractivity (Wildman–Crippen MR) is 105 cm³/mol. The summed E-state index contributed by atoms with van der Waals surface area (Å²) >= 11 is 0. The molecule has 0 bridgehead atoms. The molecule has 0 saturated heterocycles. The second kappa shape index (κ2) is 6.18. The number of H-pyrrole nitrogens is 2. The molecule has 0 amide bonds. The molecule has 7 heteroatoms. The number of fused-ring (bicyclic) bond motifs is 1. The van der Waals surface area contributed by atoms with Gasteiger partial charge < -0.3 is 15.6 Å². The zero-order valence-electron chi connectivity index (χ0n) is 14.5. The smallest absolute Gasteiger partial charge is 0.229 e. The van der Waals surface area contributed by atoms with Crippen molar-refractivity contribution in [3.63, 3.8) is 0 Å². The van der Waals surface area contributed by atoms with Gasteiger partial charge in [0.05, 0.1) is 11.8 Å². The highest BCUT2D eigenvalue weighted by Gasteiger charge is 2.25. The van der Waals surface area contributed by atoms with Crippen LogP contribution in [0, 0.1) is 12.3 Å². The summed E-state index contributed by atoms with van der Waals surface area (Å²) < 4.78 is 0. The largest absolute Gasteiger partial charge is 0.361 e. The van der Waals surface area contributed by atoms with Gasteiger partial charge in [0, 0.05) is 40.5 Å². The minimum Gasteiger partial charge on any atom is -0.361 e. The van der Waals surface area contributed by atoms with Crippen molar-refractivity contribution >= 4 is 34.2 Å². The van der Waals surface area contributed by atoms with Crippen molar-refractivity contribution in [1.82, 2.24) is 25.1 Å². The van der Waals surface area contributed by atoms with Gasteiger partial charge in [-0.15, -0.1) is 6.42 Å². The molecule has 1 fully saturated rings. The lowest BCUT2D eigenvalue weighted by Gasteiger charge is -2.09. The van der Waals surface area contributed by atoms with Crippen LogP contribution in [0.3, 0.4) is 0 Å². The quantitative estimate of drug-likeness (QED) is 0.406. The fourth-order valence-corrected chi connectivity index (χ4v) is 3.03. The van der Waals surface area contributed by atoms with Gasteiger partial charge in [0.2, 0.25) is 5.95 Å². The molecule has 1 saturated carbocycles. The molecule has 132 valence electrons. The van der Waals surface area contributed by atoms with Crippen LogP contribution in [0.1, 0.15) is 30.0 Å². The normalized spacial score (nSPS) is 13.4. The zero-order valence-corrected chi connectivity index (χ0v) is 14.5. The number of anilines is 4. The summed E-state index contributed by atoms with van der Waals surface area (Å²) in [5.41, 5.74) is 3.71. The average molecular weight is 355 g/mol. The van der Waals surface area contributed by atoms with Crippen molar-refractivity contribution in [2.24, 2.45) is 0 Å². The van der Waals surface area contributed by atoms with Gasteiger partial charge in [-0.1, -0.05) is 5.92 Å². The molecule has 0 unspecified atom stereocenters. The van der Waals surface area contributed by atoms with E-state index in [1.807, 2.05) is 36.5 Å². The Labute approximate surface area is 155 Å². The summed E-state index contributed by atoms with van der Waals surface area (Å²) in [4.78, 5) is 12.0. The molecule has 1 aliphatic rings. The van der Waals surface area contributed by atoms with Gasteiger partial charge in [-0.2, -0.15) is 10.1 Å². The topological polar surface area (TPSA) is 94.3 Å². The van der Waals surface area contributed by atoms with E-state index in [1.54, 1.807) is 6.20 Å². The van der Waals surface area contributed by atoms with Crippen LogP contribution in [0.15, 0.2) is 42.7 Å². The molecule has 0 atom stereocenters. The van der Waals surface area contributed by atoms with Crippen LogP contribution in [-0.2, 0) is 0 Å². The number of rotatable bonds is 5. The SMILES string of the molecule is C#Cc1cnc(Nc2ccc3[nH]ccc3c2)nc1Nc1cc(C2CC2)[nH]n1. The molecule has 7 nitrogen and oxygen atoms in total. The summed E-state index contributed by atoms with van der Waals surface area (Å²) in [5, 5.41) is 14.9. The Balaban J connectivity index is 1.41. The number of benzene rings is 1. The number of nitrogens with zero attached hydrogens (tertiary/aromatic N) is 3. The van der Waals surface area contributed by atoms with Crippen LogP contribution < -0.4 is 10.6 Å². The molecule has 5 rings (SSSR count). The summed E-state index contributed by atoms with van der Waals surface area (Å²) in [6.07, 6.45) is 11.6. The van der Waals surface area contributed by atoms with Crippen LogP contribution in [0.4, 0.5) is 23.3 Å². The Morgan fingerprint density at radius 3 is 2.93 bits per heavy atom. The molecule has 4 N–H and O–H groups in total. The van der Waals surface area contributed by atoms with Gasteiger partial charge in [-0.05, 0) is 37.1 Å². The molecular formula is C20H17N7. The van der Waals surface area contributed by atoms with E-state index >= 15 is 0 Å². The number of nitrogens with one attached hydrogen (secondary N) is 4. The van der Waals surface area contributed by atoms with Gasteiger partial charge in [0.15, 0.2) is 11.6 Å². The van der Waals surface area contributed by atoms with E-state index in [2.05, 4.69) is 41.7 Å². The first-order valence-electron chi connectivity index (χ1n) is 8.78. The molecule has 3 aromatic heterocycles. The summed E-state index contributed by atoms with van der Waals surface area (Å²) in [7, 11) is 0. The van der Waals surface area contributed by atoms with Crippen LogP contribution in [0.25, 0.3) is 10.9 Å². The molecule has 0 spiro atoms. The fraction of sp³-hybridized carbons (Fsp3) is 0.150. The molecule has 0 aliphatic heterocycles. The number of terminal acetylenes is 1. The minimum atomic E-state index is 0.462. The number of aromatic amines is 2. The van der Waals surface area contributed by atoms with Gasteiger partial charge in [0.1, 0.15) is 0 Å². The first-order chi connectivity index (χ1) is 13.3. The van der Waals surface area contributed by atoms with Crippen molar-refractivity contribution in [1.29, 1.82) is 0 Å². The van der Waals surface area contributed by atoms with Gasteiger partial charge in [-0.25, -0.2) is 4.98 Å². The Morgan fingerprint density at radius 2 is 2.07 bits per heavy atom. The van der Waals surface area contributed by atoms with Crippen molar-refractivity contribution < 1.29 is 0 Å². The third-order valence-corrected chi connectivity index (χ3v) is 4.62. The first-order valence-corrected chi connectivity index (χ1v) is 8.78. The maximum atomic E-state index is 5.60. The van der Waals surface area contributed by atoms with E-state index in [4.69, 9.17) is 6.42 Å². The van der Waals surface area contributed by atoms with Gasteiger partial charge >= 0.3 is 0 Å². The Bertz CT molecular complexity index is 1160. The highest BCUT2D eigenvalue weighted by atomic mass is 15.2. The Hall–Kier alpha value is -3.79. The number of hydrogen-bond donors (Lipinski definition) is 4. The van der Waals surface area contributed by atoms with Crippen LogP contribution in [0.5, 0.6) is 0 Å². The van der Waals surface area contributed by atoms with E-state index in [9.17, 15) is 0 Å². The predicted octanol–water partition coefficient (Wildman–Crippen LogP) is 4.03. The van der Waals surface area contributed by atoms with Crippen molar-refractivity contribution in [2.45, 2.75) is 18.8 Å². The third-order valence-electron chi connectivity index (χ3n) is 4.62. The molecule has 0 radical (unpaired) electrons. The van der Waals surface area contributed by atoms with Crippen molar-refractivity contribution in [3.05, 3.63) is 54.0 Å². The second-order valence-electron chi connectivity index (χ2n) is 6.61.